The van der Waals surface area contributed by atoms with Gasteiger partial charge in [0, 0.05) is 0 Å². The van der Waals surface area contributed by atoms with Crippen molar-refractivity contribution in [3.63, 3.8) is 0 Å². The van der Waals surface area contributed by atoms with Gasteiger partial charge in [-0.15, -0.1) is 0 Å². The summed E-state index contributed by atoms with van der Waals surface area (Å²) in [5.41, 5.74) is 0. The second-order valence-corrected chi connectivity index (χ2v) is 16.5. The molecule has 0 saturated heterocycles. The van der Waals surface area contributed by atoms with Crippen molar-refractivity contribution in [1.29, 1.82) is 0 Å². The summed E-state index contributed by atoms with van der Waals surface area (Å²) in [6.45, 7) is 1.38. The smallest absolute Gasteiger partial charge is 0.0979 e. The molecule has 17 heteroatoms. The third-order valence-electron chi connectivity index (χ3n) is 3.11. The van der Waals surface area contributed by atoms with E-state index in [9.17, 15) is 0 Å². The molecule has 0 N–H and O–H groups in total. The summed E-state index contributed by atoms with van der Waals surface area (Å²) in [6, 6.07) is 0. The summed E-state index contributed by atoms with van der Waals surface area (Å²) in [6.07, 6.45) is 1.12. The molecule has 1 radical (unpaired) electrons. The zero-order valence-corrected chi connectivity index (χ0v) is 24.9. The lowest BCUT2D eigenvalue weighted by molar-refractivity contribution is 0.461. The Kier molecular flexibility index (Phi) is 11.3. The van der Waals surface area contributed by atoms with Crippen LogP contribution in [0.4, 0.5) is 0 Å². The number of rotatable bonds is 7. The number of hydrogen-bond donors (Lipinski definition) is 0. The molecule has 0 unspecified atom stereocenters. The van der Waals surface area contributed by atoms with Crippen molar-refractivity contribution >= 4 is 197 Å². The Balaban J connectivity index is 6.65. The standard InChI is InChI=1S/C10H4Cl17/c1-2-3(11,12)4(13,14)5(15,16)6(17,18)7(19,20)8(21,22)9(23,24)10(25,26)27/h2H,1H3. The lowest BCUT2D eigenvalue weighted by Gasteiger charge is -2.54. The molecule has 0 aromatic carbocycles. The van der Waals surface area contributed by atoms with Gasteiger partial charge in [0.2, 0.25) is 8.13 Å². The predicted molar refractivity (Wildman–Crippen MR) is 131 cm³/mol. The Morgan fingerprint density at radius 2 is 0.593 bits per heavy atom. The Morgan fingerprint density at radius 1 is 0.370 bits per heavy atom. The second kappa shape index (κ2) is 9.53. The maximum absolute atomic E-state index is 6.23. The molecule has 0 rings (SSSR count). The summed E-state index contributed by atoms with van der Waals surface area (Å²) in [5.74, 6) is 0. The van der Waals surface area contributed by atoms with Crippen LogP contribution in [0.5, 0.6) is 0 Å². The monoisotopic (exact) mass is 719 g/mol. The van der Waals surface area contributed by atoms with Crippen LogP contribution in [0, 0.1) is 6.42 Å². The molecule has 0 bridgehead atoms. The maximum Gasteiger partial charge on any atom is 0.226 e. The molecule has 0 aromatic heterocycles. The number of alkyl halides is 17. The Morgan fingerprint density at radius 3 is 0.815 bits per heavy atom. The van der Waals surface area contributed by atoms with Gasteiger partial charge in [-0.3, -0.25) is 0 Å². The van der Waals surface area contributed by atoms with E-state index in [1.165, 1.54) is 6.92 Å². The lowest BCUT2D eigenvalue weighted by Crippen LogP contribution is -2.70. The van der Waals surface area contributed by atoms with Gasteiger partial charge >= 0.3 is 0 Å². The number of hydrogen-bond acceptors (Lipinski definition) is 0. The molecule has 0 fully saturated rings. The van der Waals surface area contributed by atoms with Gasteiger partial charge in [-0.25, -0.2) is 0 Å². The van der Waals surface area contributed by atoms with Gasteiger partial charge in [0.05, 0.1) is 0 Å². The third kappa shape index (κ3) is 5.15. The van der Waals surface area contributed by atoms with E-state index in [1.807, 2.05) is 0 Å². The SMILES string of the molecule is C[CH]C(Cl)(Cl)C(Cl)(Cl)C(Cl)(Cl)C(Cl)(Cl)C(Cl)(Cl)C(Cl)(Cl)C(Cl)(Cl)C(Cl)(Cl)Cl. The van der Waals surface area contributed by atoms with Crippen LogP contribution < -0.4 is 0 Å². The molecule has 0 heterocycles. The Labute approximate surface area is 241 Å². The first-order valence-corrected chi connectivity index (χ1v) is 12.3. The van der Waals surface area contributed by atoms with E-state index in [-0.39, 0.29) is 0 Å². The first kappa shape index (κ1) is 31.9. The molecule has 0 amide bonds. The fraction of sp³-hybridized carbons (Fsp3) is 0.900. The molecule has 0 aliphatic heterocycles. The highest BCUT2D eigenvalue weighted by Crippen LogP contribution is 2.72. The fourth-order valence-corrected chi connectivity index (χ4v) is 6.39. The highest BCUT2D eigenvalue weighted by molar-refractivity contribution is 6.83. The van der Waals surface area contributed by atoms with Gasteiger partial charge in [-0.1, -0.05) is 204 Å². The molecular weight excluding hydrogens is 723 g/mol. The molecule has 27 heavy (non-hydrogen) atoms. The summed E-state index contributed by atoms with van der Waals surface area (Å²) < 4.78 is -21.6. The van der Waals surface area contributed by atoms with Crippen molar-refractivity contribution in [3.05, 3.63) is 6.42 Å². The van der Waals surface area contributed by atoms with Crippen molar-refractivity contribution in [3.8, 4) is 0 Å². The topological polar surface area (TPSA) is 0 Å². The molecule has 0 saturated carbocycles. The summed E-state index contributed by atoms with van der Waals surface area (Å²) in [5, 5.41) is 0. The average Bonchev–Trinajstić information content (AvgIpc) is 2.44. The van der Waals surface area contributed by atoms with E-state index in [2.05, 4.69) is 0 Å². The third-order valence-corrected chi connectivity index (χ3v) is 14.7. The molecule has 0 aliphatic carbocycles. The van der Waals surface area contributed by atoms with E-state index in [0.717, 1.165) is 6.42 Å². The molecule has 0 nitrogen and oxygen atoms in total. The van der Waals surface area contributed by atoms with Gasteiger partial charge in [-0.05, 0) is 6.42 Å². The van der Waals surface area contributed by atoms with Crippen LogP contribution in [0.15, 0.2) is 0 Å². The highest BCUT2D eigenvalue weighted by atomic mass is 35.6. The van der Waals surface area contributed by atoms with Gasteiger partial charge in [0.15, 0.2) is 26.0 Å². The summed E-state index contributed by atoms with van der Waals surface area (Å²) in [4.78, 5) is 0. The fourth-order valence-electron chi connectivity index (χ4n) is 1.36. The quantitative estimate of drug-likeness (QED) is 0.229. The summed E-state index contributed by atoms with van der Waals surface area (Å²) in [7, 11) is 0. The van der Waals surface area contributed by atoms with Gasteiger partial charge in [0.1, 0.15) is 0 Å². The van der Waals surface area contributed by atoms with Crippen LogP contribution in [0.2, 0.25) is 0 Å². The number of halogens is 17. The largest absolute Gasteiger partial charge is 0.226 e. The van der Waals surface area contributed by atoms with Crippen molar-refractivity contribution < 1.29 is 0 Å². The summed E-state index contributed by atoms with van der Waals surface area (Å²) >= 11 is 103. The minimum atomic E-state index is -2.93. The van der Waals surface area contributed by atoms with Crippen molar-refractivity contribution in [2.45, 2.75) is 41.0 Å². The van der Waals surface area contributed by atoms with Gasteiger partial charge in [-0.2, -0.15) is 0 Å². The average molecular weight is 727 g/mol. The van der Waals surface area contributed by atoms with Crippen molar-refractivity contribution in [2.75, 3.05) is 0 Å². The van der Waals surface area contributed by atoms with E-state index < -0.39 is 34.1 Å². The lowest BCUT2D eigenvalue weighted by atomic mass is 10.0. The van der Waals surface area contributed by atoms with Crippen LogP contribution in [0.25, 0.3) is 0 Å². The van der Waals surface area contributed by atoms with Crippen LogP contribution in [-0.2, 0) is 0 Å². The maximum atomic E-state index is 6.23. The van der Waals surface area contributed by atoms with E-state index >= 15 is 0 Å². The first-order valence-electron chi connectivity index (χ1n) is 5.83. The van der Waals surface area contributed by atoms with Crippen molar-refractivity contribution in [1.82, 2.24) is 0 Å². The zero-order valence-electron chi connectivity index (χ0n) is 12.0. The molecule has 0 atom stereocenters. The van der Waals surface area contributed by atoms with Crippen molar-refractivity contribution in [2.24, 2.45) is 0 Å². The molecular formula is C10H4Cl17. The van der Waals surface area contributed by atoms with E-state index in [4.69, 9.17) is 197 Å². The highest BCUT2D eigenvalue weighted by Gasteiger charge is 2.80. The van der Waals surface area contributed by atoms with Crippen LogP contribution in [-0.4, -0.2) is 34.1 Å². The van der Waals surface area contributed by atoms with Gasteiger partial charge < -0.3 is 0 Å². The minimum absolute atomic E-state index is 1.12. The Hall–Kier alpha value is 4.93. The molecule has 0 aliphatic rings. The normalized spacial score (nSPS) is 16.7. The van der Waals surface area contributed by atoms with E-state index in [0.29, 0.717) is 0 Å². The molecule has 0 spiro atoms. The minimum Gasteiger partial charge on any atom is -0.0979 e. The molecule has 0 aromatic rings. The Bertz CT molecular complexity index is 538. The van der Waals surface area contributed by atoms with E-state index in [1.54, 1.807) is 0 Å². The van der Waals surface area contributed by atoms with Crippen LogP contribution in [0.3, 0.4) is 0 Å². The zero-order chi connectivity index (χ0) is 22.7. The second-order valence-electron chi connectivity index (χ2n) is 4.86. The molecule has 163 valence electrons. The predicted octanol–water partition coefficient (Wildman–Crippen LogP) is 10.8. The van der Waals surface area contributed by atoms with Gasteiger partial charge in [0.25, 0.3) is 0 Å². The first-order chi connectivity index (χ1) is 11.3. The van der Waals surface area contributed by atoms with Crippen LogP contribution in [0.1, 0.15) is 6.92 Å². The van der Waals surface area contributed by atoms with Crippen LogP contribution >= 0.6 is 197 Å².